The largest absolute Gasteiger partial charge is 0.370 e. The van der Waals surface area contributed by atoms with E-state index in [1.807, 2.05) is 5.38 Å². The summed E-state index contributed by atoms with van der Waals surface area (Å²) < 4.78 is 12.7. The molecular formula is C13H16FN5S. The van der Waals surface area contributed by atoms with E-state index in [2.05, 4.69) is 15.3 Å². The SMILES string of the molecule is NC(N)=Nc1nc(CNCCc2ccc(F)cc2)cs1. The normalized spacial score (nSPS) is 10.4. The molecule has 0 spiro atoms. The number of nitrogens with two attached hydrogens (primary N) is 2. The Morgan fingerprint density at radius 1 is 1.30 bits per heavy atom. The number of benzene rings is 1. The first-order chi connectivity index (χ1) is 9.63. The molecule has 0 aliphatic heterocycles. The van der Waals surface area contributed by atoms with E-state index >= 15 is 0 Å². The molecule has 0 atom stereocenters. The smallest absolute Gasteiger partial charge is 0.212 e. The minimum Gasteiger partial charge on any atom is -0.370 e. The van der Waals surface area contributed by atoms with Crippen LogP contribution in [-0.2, 0) is 13.0 Å². The Morgan fingerprint density at radius 2 is 2.05 bits per heavy atom. The van der Waals surface area contributed by atoms with Gasteiger partial charge < -0.3 is 16.8 Å². The third-order valence-electron chi connectivity index (χ3n) is 2.57. The highest BCUT2D eigenvalue weighted by Gasteiger charge is 2.01. The topological polar surface area (TPSA) is 89.3 Å². The first-order valence-electron chi connectivity index (χ1n) is 6.12. The van der Waals surface area contributed by atoms with Crippen molar-refractivity contribution < 1.29 is 4.39 Å². The minimum absolute atomic E-state index is 0.00942. The number of aromatic nitrogens is 1. The van der Waals surface area contributed by atoms with Crippen LogP contribution in [0.1, 0.15) is 11.3 Å². The third kappa shape index (κ3) is 4.60. The predicted molar refractivity (Wildman–Crippen MR) is 79.4 cm³/mol. The van der Waals surface area contributed by atoms with E-state index in [9.17, 15) is 4.39 Å². The lowest BCUT2D eigenvalue weighted by atomic mass is 10.1. The van der Waals surface area contributed by atoms with E-state index in [0.717, 1.165) is 24.2 Å². The molecule has 0 radical (unpaired) electrons. The lowest BCUT2D eigenvalue weighted by Crippen LogP contribution is -2.21. The second kappa shape index (κ2) is 6.97. The number of guanidine groups is 1. The molecule has 0 saturated heterocycles. The zero-order valence-corrected chi connectivity index (χ0v) is 11.7. The number of thiazole rings is 1. The maximum absolute atomic E-state index is 12.7. The van der Waals surface area contributed by atoms with Crippen LogP contribution in [0.25, 0.3) is 0 Å². The average molecular weight is 293 g/mol. The first-order valence-corrected chi connectivity index (χ1v) is 7.00. The summed E-state index contributed by atoms with van der Waals surface area (Å²) in [6, 6.07) is 6.52. The van der Waals surface area contributed by atoms with Gasteiger partial charge in [-0.05, 0) is 30.7 Å². The third-order valence-corrected chi connectivity index (χ3v) is 3.36. The monoisotopic (exact) mass is 293 g/mol. The van der Waals surface area contributed by atoms with Gasteiger partial charge in [0.1, 0.15) is 5.82 Å². The fourth-order valence-electron chi connectivity index (χ4n) is 1.64. The van der Waals surface area contributed by atoms with Crippen LogP contribution in [0.4, 0.5) is 9.52 Å². The van der Waals surface area contributed by atoms with E-state index in [1.165, 1.54) is 23.5 Å². The number of halogens is 1. The predicted octanol–water partition coefficient (Wildman–Crippen LogP) is 1.52. The van der Waals surface area contributed by atoms with Crippen molar-refractivity contribution in [2.24, 2.45) is 16.5 Å². The van der Waals surface area contributed by atoms with Crippen LogP contribution >= 0.6 is 11.3 Å². The highest BCUT2D eigenvalue weighted by molar-refractivity contribution is 7.13. The average Bonchev–Trinajstić information content (AvgIpc) is 2.83. The van der Waals surface area contributed by atoms with Gasteiger partial charge in [0.05, 0.1) is 5.69 Å². The molecule has 0 aliphatic carbocycles. The molecule has 2 rings (SSSR count). The summed E-state index contributed by atoms with van der Waals surface area (Å²) in [4.78, 5) is 8.15. The Morgan fingerprint density at radius 3 is 2.75 bits per heavy atom. The zero-order valence-electron chi connectivity index (χ0n) is 10.8. The van der Waals surface area contributed by atoms with Gasteiger partial charge >= 0.3 is 0 Å². The van der Waals surface area contributed by atoms with Crippen molar-refractivity contribution in [3.05, 3.63) is 46.7 Å². The number of aliphatic imine (C=N–C) groups is 1. The molecule has 1 aromatic heterocycles. The Hall–Kier alpha value is -1.99. The fraction of sp³-hybridized carbons (Fsp3) is 0.231. The highest BCUT2D eigenvalue weighted by atomic mass is 32.1. The van der Waals surface area contributed by atoms with Gasteiger partial charge in [-0.2, -0.15) is 4.99 Å². The van der Waals surface area contributed by atoms with Crippen molar-refractivity contribution >= 4 is 22.4 Å². The Kier molecular flexibility index (Phi) is 5.03. The van der Waals surface area contributed by atoms with Gasteiger partial charge in [-0.3, -0.25) is 0 Å². The molecule has 0 fully saturated rings. The zero-order chi connectivity index (χ0) is 14.4. The summed E-state index contributed by atoms with van der Waals surface area (Å²) >= 11 is 1.39. The van der Waals surface area contributed by atoms with Crippen molar-refractivity contribution in [1.29, 1.82) is 0 Å². The summed E-state index contributed by atoms with van der Waals surface area (Å²) in [5, 5.41) is 5.74. The fourth-order valence-corrected chi connectivity index (χ4v) is 2.35. The van der Waals surface area contributed by atoms with Crippen LogP contribution in [0, 0.1) is 5.82 Å². The Labute approximate surface area is 120 Å². The van der Waals surface area contributed by atoms with Gasteiger partial charge in [0, 0.05) is 11.9 Å². The Bertz CT molecular complexity index is 575. The summed E-state index contributed by atoms with van der Waals surface area (Å²) in [5.41, 5.74) is 12.6. The van der Waals surface area contributed by atoms with E-state index in [1.54, 1.807) is 12.1 Å². The van der Waals surface area contributed by atoms with Crippen molar-refractivity contribution in [1.82, 2.24) is 10.3 Å². The standard InChI is InChI=1S/C13H16FN5S/c14-10-3-1-9(2-4-10)5-6-17-7-11-8-20-13(18-11)19-12(15)16/h1-4,8,17H,5-7H2,(H4,15,16,18,19). The maximum atomic E-state index is 12.7. The molecular weight excluding hydrogens is 277 g/mol. The molecule has 1 aromatic carbocycles. The van der Waals surface area contributed by atoms with Gasteiger partial charge in [-0.1, -0.05) is 12.1 Å². The second-order valence-corrected chi connectivity index (χ2v) is 5.05. The summed E-state index contributed by atoms with van der Waals surface area (Å²) in [6.07, 6.45) is 0.838. The van der Waals surface area contributed by atoms with E-state index in [4.69, 9.17) is 11.5 Å². The molecule has 0 bridgehead atoms. The number of nitrogens with zero attached hydrogens (tertiary/aromatic N) is 2. The second-order valence-electron chi connectivity index (χ2n) is 4.21. The van der Waals surface area contributed by atoms with E-state index in [-0.39, 0.29) is 11.8 Å². The molecule has 5 nitrogen and oxygen atoms in total. The van der Waals surface area contributed by atoms with E-state index in [0.29, 0.717) is 11.7 Å². The van der Waals surface area contributed by atoms with Gasteiger partial charge in [0.25, 0.3) is 0 Å². The number of hydrogen-bond donors (Lipinski definition) is 3. The van der Waals surface area contributed by atoms with Crippen LogP contribution in [0.2, 0.25) is 0 Å². The van der Waals surface area contributed by atoms with Gasteiger partial charge in [-0.15, -0.1) is 11.3 Å². The minimum atomic E-state index is -0.212. The number of hydrogen-bond acceptors (Lipinski definition) is 4. The quantitative estimate of drug-likeness (QED) is 0.428. The van der Waals surface area contributed by atoms with Crippen molar-refractivity contribution in [2.45, 2.75) is 13.0 Å². The van der Waals surface area contributed by atoms with Crippen LogP contribution < -0.4 is 16.8 Å². The van der Waals surface area contributed by atoms with E-state index < -0.39 is 0 Å². The summed E-state index contributed by atoms with van der Waals surface area (Å²) in [5.74, 6) is -0.202. The maximum Gasteiger partial charge on any atom is 0.212 e. The lowest BCUT2D eigenvalue weighted by Gasteiger charge is -2.03. The lowest BCUT2D eigenvalue weighted by molar-refractivity contribution is 0.625. The van der Waals surface area contributed by atoms with Crippen molar-refractivity contribution in [3.8, 4) is 0 Å². The molecule has 1 heterocycles. The molecule has 7 heteroatoms. The van der Waals surface area contributed by atoms with Gasteiger partial charge in [0.2, 0.25) is 5.13 Å². The van der Waals surface area contributed by atoms with Crippen LogP contribution in [-0.4, -0.2) is 17.5 Å². The molecule has 0 saturated carbocycles. The van der Waals surface area contributed by atoms with Crippen LogP contribution in [0.5, 0.6) is 0 Å². The molecule has 0 unspecified atom stereocenters. The van der Waals surface area contributed by atoms with Crippen molar-refractivity contribution in [3.63, 3.8) is 0 Å². The first kappa shape index (κ1) is 14.4. The van der Waals surface area contributed by atoms with Crippen molar-refractivity contribution in [2.75, 3.05) is 6.54 Å². The Balaban J connectivity index is 1.74. The highest BCUT2D eigenvalue weighted by Crippen LogP contribution is 2.18. The molecule has 106 valence electrons. The molecule has 0 aliphatic rings. The number of nitrogens with one attached hydrogen (secondary N) is 1. The molecule has 0 amide bonds. The van der Waals surface area contributed by atoms with Gasteiger partial charge in [-0.25, -0.2) is 9.37 Å². The summed E-state index contributed by atoms with van der Waals surface area (Å²) in [7, 11) is 0. The summed E-state index contributed by atoms with van der Waals surface area (Å²) in [6.45, 7) is 1.44. The van der Waals surface area contributed by atoms with Gasteiger partial charge in [0.15, 0.2) is 5.96 Å². The molecule has 20 heavy (non-hydrogen) atoms. The molecule has 5 N–H and O–H groups in total. The van der Waals surface area contributed by atoms with Crippen LogP contribution in [0.3, 0.4) is 0 Å². The molecule has 2 aromatic rings. The number of rotatable bonds is 6. The van der Waals surface area contributed by atoms with Crippen LogP contribution in [0.15, 0.2) is 34.6 Å².